The second kappa shape index (κ2) is 10.2. The molecule has 1 N–H and O–H groups in total. The number of fused-ring (bicyclic) bond motifs is 2. The minimum Gasteiger partial charge on any atom is -0.396 e. The average molecular weight is 476 g/mol. The van der Waals surface area contributed by atoms with E-state index >= 15 is 0 Å². The molecule has 0 radical (unpaired) electrons. The number of hydrogen-bond acceptors (Lipinski definition) is 5. The fourth-order valence-corrected chi connectivity index (χ4v) is 7.88. The van der Waals surface area contributed by atoms with Crippen molar-refractivity contribution in [2.75, 3.05) is 39.8 Å². The Labute approximate surface area is 201 Å². The second-order valence-electron chi connectivity index (χ2n) is 9.70. The summed E-state index contributed by atoms with van der Waals surface area (Å²) in [7, 11) is 1.79. The van der Waals surface area contributed by atoms with Crippen LogP contribution >= 0.6 is 11.8 Å². The number of likely N-dealkylation sites (N-methyl/N-ethyl adjacent to an activating group) is 1. The van der Waals surface area contributed by atoms with E-state index in [1.54, 1.807) is 28.6 Å². The van der Waals surface area contributed by atoms with E-state index in [4.69, 9.17) is 5.11 Å². The van der Waals surface area contributed by atoms with Crippen molar-refractivity contribution < 1.29 is 19.5 Å². The van der Waals surface area contributed by atoms with Gasteiger partial charge >= 0.3 is 0 Å². The molecule has 0 aromatic heterocycles. The molecule has 182 valence electrons. The number of likely N-dealkylation sites (tertiary alicyclic amines) is 1. The molecule has 4 aliphatic heterocycles. The maximum atomic E-state index is 13.9. The number of unbranched alkanes of at least 4 members (excludes halogenated alkanes) is 4. The molecule has 0 saturated carbocycles. The van der Waals surface area contributed by atoms with E-state index in [-0.39, 0.29) is 29.6 Å². The van der Waals surface area contributed by atoms with Crippen LogP contribution < -0.4 is 0 Å². The smallest absolute Gasteiger partial charge is 0.247 e. The highest BCUT2D eigenvalue weighted by Crippen LogP contribution is 2.60. The number of rotatable bonds is 9. The number of nitrogens with zero attached hydrogens (tertiary/aromatic N) is 3. The van der Waals surface area contributed by atoms with Crippen molar-refractivity contribution in [3.8, 4) is 0 Å². The van der Waals surface area contributed by atoms with E-state index in [1.807, 2.05) is 11.0 Å². The number of aliphatic hydroxyl groups is 1. The van der Waals surface area contributed by atoms with E-state index < -0.39 is 22.6 Å². The molecule has 2 fully saturated rings. The van der Waals surface area contributed by atoms with Gasteiger partial charge in [0.25, 0.3) is 0 Å². The molecule has 5 atom stereocenters. The molecule has 33 heavy (non-hydrogen) atoms. The van der Waals surface area contributed by atoms with Gasteiger partial charge in [-0.3, -0.25) is 14.4 Å². The summed E-state index contributed by atoms with van der Waals surface area (Å²) < 4.78 is -0.710. The van der Waals surface area contributed by atoms with Gasteiger partial charge in [0.2, 0.25) is 17.7 Å². The Hall–Kier alpha value is -1.80. The molecule has 3 amide bonds. The first-order valence-corrected chi connectivity index (χ1v) is 13.3. The molecular formula is C25H37N3O4S. The van der Waals surface area contributed by atoms with Crippen LogP contribution in [0.25, 0.3) is 0 Å². The summed E-state index contributed by atoms with van der Waals surface area (Å²) in [4.78, 5) is 46.6. The Kier molecular flexibility index (Phi) is 7.53. The number of thioether (sulfide) groups is 1. The maximum Gasteiger partial charge on any atom is 0.247 e. The summed E-state index contributed by atoms with van der Waals surface area (Å²) in [6.07, 6.45) is 13.6. The Morgan fingerprint density at radius 2 is 1.79 bits per heavy atom. The summed E-state index contributed by atoms with van der Waals surface area (Å²) in [5.74, 6) is -1.01. The van der Waals surface area contributed by atoms with Crippen LogP contribution in [0.2, 0.25) is 0 Å². The fraction of sp³-hybridized carbons (Fsp3) is 0.720. The number of amides is 3. The Morgan fingerprint density at radius 3 is 2.55 bits per heavy atom. The summed E-state index contributed by atoms with van der Waals surface area (Å²) >= 11 is 1.64. The van der Waals surface area contributed by atoms with Gasteiger partial charge < -0.3 is 19.8 Å². The number of hydrogen-bond donors (Lipinski definition) is 1. The highest BCUT2D eigenvalue weighted by Gasteiger charge is 2.70. The topological polar surface area (TPSA) is 81.2 Å². The van der Waals surface area contributed by atoms with Crippen molar-refractivity contribution in [2.45, 2.75) is 61.5 Å². The number of aliphatic hydroxyl groups excluding tert-OH is 1. The fourth-order valence-electron chi connectivity index (χ4n) is 5.87. The van der Waals surface area contributed by atoms with Gasteiger partial charge in [-0.15, -0.1) is 11.8 Å². The van der Waals surface area contributed by atoms with Crippen LogP contribution in [0.5, 0.6) is 0 Å². The van der Waals surface area contributed by atoms with Crippen molar-refractivity contribution in [3.05, 3.63) is 24.3 Å². The quantitative estimate of drug-likeness (QED) is 0.408. The van der Waals surface area contributed by atoms with Crippen LogP contribution in [0.4, 0.5) is 0 Å². The summed E-state index contributed by atoms with van der Waals surface area (Å²) in [5.41, 5.74) is 0. The van der Waals surface area contributed by atoms with Gasteiger partial charge in [0.1, 0.15) is 6.04 Å². The molecule has 4 heterocycles. The molecule has 4 aliphatic rings. The molecule has 1 spiro atoms. The molecular weight excluding hydrogens is 438 g/mol. The van der Waals surface area contributed by atoms with Crippen molar-refractivity contribution in [1.82, 2.24) is 14.7 Å². The van der Waals surface area contributed by atoms with E-state index in [9.17, 15) is 14.4 Å². The summed E-state index contributed by atoms with van der Waals surface area (Å²) in [5, 5.41) is 9.05. The second-order valence-corrected chi connectivity index (χ2v) is 11.2. The number of carbonyl (C=O) groups is 3. The normalized spacial score (nSPS) is 33.3. The van der Waals surface area contributed by atoms with Crippen LogP contribution in [0.3, 0.4) is 0 Å². The first-order chi connectivity index (χ1) is 16.0. The molecule has 8 heteroatoms. The SMILES string of the molecule is CCCCCN1CC=C[C@]23S[C@@H]4C=CCN(C)C(=O)[C@@H]4[C@H]2C(=O)N(CCCCCO)C3C1=O. The lowest BCUT2D eigenvalue weighted by molar-refractivity contribution is -0.144. The monoisotopic (exact) mass is 475 g/mol. The van der Waals surface area contributed by atoms with Crippen molar-refractivity contribution in [1.29, 1.82) is 0 Å². The predicted octanol–water partition coefficient (Wildman–Crippen LogP) is 2.06. The van der Waals surface area contributed by atoms with Gasteiger partial charge in [0.15, 0.2) is 0 Å². The maximum absolute atomic E-state index is 13.9. The third-order valence-electron chi connectivity index (χ3n) is 7.53. The Bertz CT molecular complexity index is 830. The first kappa shape index (κ1) is 24.3. The molecule has 0 aliphatic carbocycles. The lowest BCUT2D eigenvalue weighted by atomic mass is 9.78. The zero-order chi connectivity index (χ0) is 23.6. The van der Waals surface area contributed by atoms with E-state index in [2.05, 4.69) is 25.2 Å². The molecule has 4 rings (SSSR count). The summed E-state index contributed by atoms with van der Waals surface area (Å²) in [6, 6.07) is -0.576. The first-order valence-electron chi connectivity index (χ1n) is 12.4. The highest BCUT2D eigenvalue weighted by atomic mass is 32.2. The van der Waals surface area contributed by atoms with Crippen molar-refractivity contribution in [2.24, 2.45) is 11.8 Å². The minimum atomic E-state index is -0.710. The zero-order valence-corrected chi connectivity index (χ0v) is 20.6. The molecule has 0 aromatic carbocycles. The van der Waals surface area contributed by atoms with E-state index in [1.165, 1.54) is 0 Å². The lowest BCUT2D eigenvalue weighted by Crippen LogP contribution is -2.53. The van der Waals surface area contributed by atoms with Crippen LogP contribution in [0.1, 0.15) is 45.4 Å². The molecule has 0 bridgehead atoms. The van der Waals surface area contributed by atoms with E-state index in [0.717, 1.165) is 32.1 Å². The predicted molar refractivity (Wildman–Crippen MR) is 130 cm³/mol. The lowest BCUT2D eigenvalue weighted by Gasteiger charge is -2.35. The van der Waals surface area contributed by atoms with Gasteiger partial charge in [0, 0.05) is 45.1 Å². The van der Waals surface area contributed by atoms with Crippen LogP contribution in [-0.2, 0) is 14.4 Å². The molecule has 7 nitrogen and oxygen atoms in total. The van der Waals surface area contributed by atoms with Gasteiger partial charge in [-0.05, 0) is 25.7 Å². The van der Waals surface area contributed by atoms with Gasteiger partial charge in [-0.1, -0.05) is 44.1 Å². The van der Waals surface area contributed by atoms with Crippen LogP contribution in [0, 0.1) is 11.8 Å². The van der Waals surface area contributed by atoms with Crippen molar-refractivity contribution >= 4 is 29.5 Å². The highest BCUT2D eigenvalue weighted by molar-refractivity contribution is 8.02. The van der Waals surface area contributed by atoms with E-state index in [0.29, 0.717) is 32.6 Å². The molecule has 0 aromatic rings. The Balaban J connectivity index is 1.70. The third kappa shape index (κ3) is 4.25. The summed E-state index contributed by atoms with van der Waals surface area (Å²) in [6.45, 7) is 4.56. The largest absolute Gasteiger partial charge is 0.396 e. The van der Waals surface area contributed by atoms with Gasteiger partial charge in [0.05, 0.1) is 16.6 Å². The van der Waals surface area contributed by atoms with Crippen molar-refractivity contribution in [3.63, 3.8) is 0 Å². The Morgan fingerprint density at radius 1 is 1.00 bits per heavy atom. The molecule has 2 saturated heterocycles. The number of carbonyl (C=O) groups excluding carboxylic acids is 3. The average Bonchev–Trinajstić information content (AvgIpc) is 3.12. The minimum absolute atomic E-state index is 0.00139. The van der Waals surface area contributed by atoms with Gasteiger partial charge in [-0.25, -0.2) is 0 Å². The molecule has 1 unspecified atom stereocenters. The van der Waals surface area contributed by atoms with Gasteiger partial charge in [-0.2, -0.15) is 0 Å². The third-order valence-corrected chi connectivity index (χ3v) is 9.28. The van der Waals surface area contributed by atoms with Crippen LogP contribution in [-0.4, -0.2) is 93.4 Å². The standard InChI is InChI=1S/C25H37N3O4S/c1-3-4-6-14-27-15-10-12-25-20(19-18(33-25)11-9-13-26(2)22(19)30)23(31)28(21(25)24(27)32)16-7-5-8-17-29/h9-12,18-21,29H,3-8,13-17H2,1-2H3/t18-,19+,20+,21?,25+/m1/s1. The van der Waals surface area contributed by atoms with Crippen LogP contribution in [0.15, 0.2) is 24.3 Å². The zero-order valence-electron chi connectivity index (χ0n) is 19.8.